The molecule has 1 aromatic carbocycles. The van der Waals surface area contributed by atoms with Gasteiger partial charge >= 0.3 is 5.97 Å². The molecule has 1 rings (SSSR count). The molecule has 0 radical (unpaired) electrons. The Bertz CT molecular complexity index is 446. The van der Waals surface area contributed by atoms with Crippen molar-refractivity contribution < 1.29 is 14.6 Å². The van der Waals surface area contributed by atoms with E-state index in [0.717, 1.165) is 0 Å². The van der Waals surface area contributed by atoms with Gasteiger partial charge in [-0.3, -0.25) is 0 Å². The van der Waals surface area contributed by atoms with Crippen molar-refractivity contribution in [3.63, 3.8) is 0 Å². The second-order valence-corrected chi connectivity index (χ2v) is 3.21. The lowest BCUT2D eigenvalue weighted by molar-refractivity contribution is 0.0524. The third-order valence-corrected chi connectivity index (χ3v) is 2.20. The molecule has 0 aliphatic carbocycles. The lowest BCUT2D eigenvalue weighted by Crippen LogP contribution is -2.09. The topological polar surface area (TPSA) is 70.3 Å². The molecular formula is C12H13NO3. The van der Waals surface area contributed by atoms with Crippen molar-refractivity contribution in [1.29, 1.82) is 5.26 Å². The Labute approximate surface area is 94.1 Å². The Hall–Kier alpha value is -2.02. The number of carbonyl (C=O) groups excluding carboxylic acids is 1. The summed E-state index contributed by atoms with van der Waals surface area (Å²) < 4.78 is 4.87. The van der Waals surface area contributed by atoms with Gasteiger partial charge in [0, 0.05) is 0 Å². The van der Waals surface area contributed by atoms with Gasteiger partial charge in [0.2, 0.25) is 0 Å². The Balaban J connectivity index is 3.32. The van der Waals surface area contributed by atoms with E-state index in [4.69, 9.17) is 10.00 Å². The van der Waals surface area contributed by atoms with Gasteiger partial charge in [-0.15, -0.1) is 0 Å². The second kappa shape index (κ2) is 5.17. The molecule has 0 heterocycles. The van der Waals surface area contributed by atoms with E-state index in [1.165, 1.54) is 12.1 Å². The lowest BCUT2D eigenvalue weighted by Gasteiger charge is -2.09. The van der Waals surface area contributed by atoms with Gasteiger partial charge in [-0.1, -0.05) is 6.92 Å². The number of rotatable bonds is 3. The van der Waals surface area contributed by atoms with Crippen molar-refractivity contribution in [2.24, 2.45) is 0 Å². The number of ether oxygens (including phenoxy) is 1. The molecule has 0 bridgehead atoms. The molecule has 4 nitrogen and oxygen atoms in total. The van der Waals surface area contributed by atoms with E-state index >= 15 is 0 Å². The standard InChI is InChI=1S/C12H13NO3/c1-3-10-8(7-13)5-9(14)6-11(10)12(15)16-4-2/h5-6,14H,3-4H2,1-2H3. The Morgan fingerprint density at radius 1 is 1.50 bits per heavy atom. The van der Waals surface area contributed by atoms with Crippen LogP contribution in [0.1, 0.15) is 35.3 Å². The zero-order valence-corrected chi connectivity index (χ0v) is 9.28. The molecule has 0 amide bonds. The number of hydrogen-bond donors (Lipinski definition) is 1. The number of aromatic hydroxyl groups is 1. The lowest BCUT2D eigenvalue weighted by atomic mass is 9.99. The monoisotopic (exact) mass is 219 g/mol. The highest BCUT2D eigenvalue weighted by atomic mass is 16.5. The Kier molecular flexibility index (Phi) is 3.90. The van der Waals surface area contributed by atoms with Gasteiger partial charge in [0.25, 0.3) is 0 Å². The van der Waals surface area contributed by atoms with E-state index in [9.17, 15) is 9.90 Å². The number of nitriles is 1. The zero-order chi connectivity index (χ0) is 12.1. The molecule has 16 heavy (non-hydrogen) atoms. The highest BCUT2D eigenvalue weighted by molar-refractivity contribution is 5.92. The summed E-state index contributed by atoms with van der Waals surface area (Å²) in [7, 11) is 0. The van der Waals surface area contributed by atoms with Crippen molar-refractivity contribution in [3.05, 3.63) is 28.8 Å². The third-order valence-electron chi connectivity index (χ3n) is 2.20. The summed E-state index contributed by atoms with van der Waals surface area (Å²) >= 11 is 0. The number of phenolic OH excluding ortho intramolecular Hbond substituents is 1. The van der Waals surface area contributed by atoms with Crippen LogP contribution in [0.15, 0.2) is 12.1 Å². The first-order valence-corrected chi connectivity index (χ1v) is 5.07. The second-order valence-electron chi connectivity index (χ2n) is 3.21. The highest BCUT2D eigenvalue weighted by Gasteiger charge is 2.16. The average molecular weight is 219 g/mol. The molecule has 4 heteroatoms. The van der Waals surface area contributed by atoms with Gasteiger partial charge in [-0.05, 0) is 31.0 Å². The van der Waals surface area contributed by atoms with Crippen molar-refractivity contribution in [2.45, 2.75) is 20.3 Å². The van der Waals surface area contributed by atoms with Crippen molar-refractivity contribution in [1.82, 2.24) is 0 Å². The predicted molar refractivity (Wildman–Crippen MR) is 58.2 cm³/mol. The first-order valence-electron chi connectivity index (χ1n) is 5.07. The van der Waals surface area contributed by atoms with Crippen molar-refractivity contribution in [3.8, 4) is 11.8 Å². The third kappa shape index (κ3) is 2.31. The number of nitrogens with zero attached hydrogens (tertiary/aromatic N) is 1. The minimum absolute atomic E-state index is 0.100. The minimum atomic E-state index is -0.508. The molecule has 0 aromatic heterocycles. The number of hydrogen-bond acceptors (Lipinski definition) is 4. The molecule has 0 fully saturated rings. The summed E-state index contributed by atoms with van der Waals surface area (Å²) in [6.45, 7) is 3.81. The fourth-order valence-corrected chi connectivity index (χ4v) is 1.53. The van der Waals surface area contributed by atoms with E-state index in [1.807, 2.05) is 13.0 Å². The summed E-state index contributed by atoms with van der Waals surface area (Å²) in [4.78, 5) is 11.6. The molecule has 0 saturated heterocycles. The molecular weight excluding hydrogens is 206 g/mol. The molecule has 0 unspecified atom stereocenters. The maximum Gasteiger partial charge on any atom is 0.338 e. The van der Waals surface area contributed by atoms with Gasteiger partial charge in [0.05, 0.1) is 23.8 Å². The molecule has 0 aliphatic rings. The van der Waals surface area contributed by atoms with Crippen LogP contribution < -0.4 is 0 Å². The van der Waals surface area contributed by atoms with Crippen molar-refractivity contribution >= 4 is 5.97 Å². The summed E-state index contributed by atoms with van der Waals surface area (Å²) in [6, 6.07) is 4.64. The summed E-state index contributed by atoms with van der Waals surface area (Å²) in [5.41, 5.74) is 1.19. The van der Waals surface area contributed by atoms with Gasteiger partial charge in [-0.2, -0.15) is 5.26 Å². The Morgan fingerprint density at radius 3 is 2.69 bits per heavy atom. The van der Waals surface area contributed by atoms with Crippen LogP contribution in [-0.4, -0.2) is 17.7 Å². The molecule has 0 aliphatic heterocycles. The van der Waals surface area contributed by atoms with Gasteiger partial charge < -0.3 is 9.84 Å². The SMILES string of the molecule is CCOC(=O)c1cc(O)cc(C#N)c1CC. The molecule has 0 atom stereocenters. The fraction of sp³-hybridized carbons (Fsp3) is 0.333. The van der Waals surface area contributed by atoms with Crippen LogP contribution in [0.25, 0.3) is 0 Å². The van der Waals surface area contributed by atoms with Gasteiger partial charge in [0.15, 0.2) is 0 Å². The van der Waals surface area contributed by atoms with E-state index in [1.54, 1.807) is 6.92 Å². The van der Waals surface area contributed by atoms with Crippen LogP contribution in [0.5, 0.6) is 5.75 Å². The summed E-state index contributed by atoms with van der Waals surface area (Å²) in [5, 5.41) is 18.3. The summed E-state index contributed by atoms with van der Waals surface area (Å²) in [6.07, 6.45) is 0.539. The maximum atomic E-state index is 11.6. The number of phenols is 1. The van der Waals surface area contributed by atoms with Crippen LogP contribution in [-0.2, 0) is 11.2 Å². The first kappa shape index (κ1) is 12.1. The van der Waals surface area contributed by atoms with E-state index in [2.05, 4.69) is 0 Å². The average Bonchev–Trinajstić information content (AvgIpc) is 2.28. The number of carbonyl (C=O) groups is 1. The van der Waals surface area contributed by atoms with Gasteiger partial charge in [-0.25, -0.2) is 4.79 Å². The smallest absolute Gasteiger partial charge is 0.338 e. The van der Waals surface area contributed by atoms with E-state index in [0.29, 0.717) is 17.5 Å². The fourth-order valence-electron chi connectivity index (χ4n) is 1.53. The largest absolute Gasteiger partial charge is 0.508 e. The normalized spacial score (nSPS) is 9.56. The van der Waals surface area contributed by atoms with Crippen LogP contribution in [0.3, 0.4) is 0 Å². The molecule has 1 aromatic rings. The van der Waals surface area contributed by atoms with Crippen LogP contribution in [0.2, 0.25) is 0 Å². The minimum Gasteiger partial charge on any atom is -0.508 e. The molecule has 0 saturated carbocycles. The Morgan fingerprint density at radius 2 is 2.19 bits per heavy atom. The first-order chi connectivity index (χ1) is 7.63. The summed E-state index contributed by atoms with van der Waals surface area (Å²) in [5.74, 6) is -0.608. The van der Waals surface area contributed by atoms with Crippen LogP contribution >= 0.6 is 0 Å². The quantitative estimate of drug-likeness (QED) is 0.789. The van der Waals surface area contributed by atoms with E-state index in [-0.39, 0.29) is 17.9 Å². The highest BCUT2D eigenvalue weighted by Crippen LogP contribution is 2.22. The molecule has 1 N–H and O–H groups in total. The predicted octanol–water partition coefficient (Wildman–Crippen LogP) is 2.00. The van der Waals surface area contributed by atoms with Crippen molar-refractivity contribution in [2.75, 3.05) is 6.61 Å². The zero-order valence-electron chi connectivity index (χ0n) is 9.28. The number of benzene rings is 1. The maximum absolute atomic E-state index is 11.6. The number of esters is 1. The van der Waals surface area contributed by atoms with E-state index < -0.39 is 5.97 Å². The van der Waals surface area contributed by atoms with Crippen LogP contribution in [0, 0.1) is 11.3 Å². The molecule has 84 valence electrons. The molecule has 0 spiro atoms. The van der Waals surface area contributed by atoms with Crippen LogP contribution in [0.4, 0.5) is 0 Å². The van der Waals surface area contributed by atoms with Gasteiger partial charge in [0.1, 0.15) is 5.75 Å².